The van der Waals surface area contributed by atoms with E-state index in [-0.39, 0.29) is 12.5 Å². The Balaban J connectivity index is 1.86. The number of thiazole rings is 1. The van der Waals surface area contributed by atoms with E-state index in [9.17, 15) is 4.79 Å². The number of amides is 1. The van der Waals surface area contributed by atoms with Crippen LogP contribution >= 0.6 is 11.3 Å². The first-order chi connectivity index (χ1) is 12.1. The Hall–Kier alpha value is -1.96. The molecule has 1 amide bonds. The Kier molecular flexibility index (Phi) is 5.67. The summed E-state index contributed by atoms with van der Waals surface area (Å²) in [4.78, 5) is 20.8. The van der Waals surface area contributed by atoms with Gasteiger partial charge in [0.2, 0.25) is 0 Å². The molecular formula is C18H23N3O3S. The molecule has 134 valence electrons. The molecule has 1 aliphatic rings. The van der Waals surface area contributed by atoms with Gasteiger partial charge < -0.3 is 19.3 Å². The second-order valence-electron chi connectivity index (χ2n) is 6.19. The maximum Gasteiger partial charge on any atom is 0.265 e. The van der Waals surface area contributed by atoms with Gasteiger partial charge in [-0.3, -0.25) is 4.79 Å². The van der Waals surface area contributed by atoms with Crippen LogP contribution in [0.5, 0.6) is 5.75 Å². The number of carbonyl (C=O) groups is 1. The van der Waals surface area contributed by atoms with Gasteiger partial charge in [-0.2, -0.15) is 0 Å². The molecule has 0 unspecified atom stereocenters. The number of anilines is 1. The predicted molar refractivity (Wildman–Crippen MR) is 99.5 cm³/mol. The Morgan fingerprint density at radius 3 is 3.00 bits per heavy atom. The van der Waals surface area contributed by atoms with Gasteiger partial charge in [0.1, 0.15) is 5.75 Å². The normalized spacial score (nSPS) is 13.9. The van der Waals surface area contributed by atoms with Crippen LogP contribution in [0.25, 0.3) is 11.3 Å². The number of fused-ring (bicyclic) bond motifs is 1. The van der Waals surface area contributed by atoms with Crippen molar-refractivity contribution >= 4 is 22.9 Å². The van der Waals surface area contributed by atoms with Gasteiger partial charge in [0.05, 0.1) is 23.0 Å². The number of aromatic nitrogens is 1. The number of methoxy groups -OCH3 is 1. The van der Waals surface area contributed by atoms with E-state index in [1.807, 2.05) is 37.7 Å². The van der Waals surface area contributed by atoms with Crippen molar-refractivity contribution in [2.24, 2.45) is 0 Å². The first-order valence-corrected chi connectivity index (χ1v) is 9.12. The zero-order valence-electron chi connectivity index (χ0n) is 14.8. The van der Waals surface area contributed by atoms with Gasteiger partial charge in [0.15, 0.2) is 6.61 Å². The lowest BCUT2D eigenvalue weighted by Gasteiger charge is -2.30. The Morgan fingerprint density at radius 2 is 2.24 bits per heavy atom. The summed E-state index contributed by atoms with van der Waals surface area (Å²) in [5.41, 5.74) is 2.73. The summed E-state index contributed by atoms with van der Waals surface area (Å²) in [6.07, 6.45) is 0.808. The number of ether oxygens (including phenoxy) is 2. The third kappa shape index (κ3) is 4.18. The van der Waals surface area contributed by atoms with Crippen molar-refractivity contribution in [1.82, 2.24) is 9.88 Å². The fraction of sp³-hybridized carbons (Fsp3) is 0.444. The van der Waals surface area contributed by atoms with Crippen molar-refractivity contribution in [3.8, 4) is 17.0 Å². The maximum atomic E-state index is 12.3. The van der Waals surface area contributed by atoms with E-state index >= 15 is 0 Å². The molecule has 1 aromatic carbocycles. The molecule has 0 saturated carbocycles. The van der Waals surface area contributed by atoms with E-state index in [4.69, 9.17) is 9.47 Å². The van der Waals surface area contributed by atoms with Gasteiger partial charge in [-0.05, 0) is 32.3 Å². The van der Waals surface area contributed by atoms with E-state index in [2.05, 4.69) is 9.88 Å². The lowest BCUT2D eigenvalue weighted by atomic mass is 10.1. The first-order valence-electron chi connectivity index (χ1n) is 8.24. The van der Waals surface area contributed by atoms with E-state index in [0.29, 0.717) is 13.2 Å². The highest BCUT2D eigenvalue weighted by Gasteiger charge is 2.26. The smallest absolute Gasteiger partial charge is 0.265 e. The number of nitrogens with zero attached hydrogens (tertiary/aromatic N) is 3. The molecule has 6 nitrogen and oxygen atoms in total. The average molecular weight is 361 g/mol. The maximum absolute atomic E-state index is 12.3. The number of rotatable bonds is 7. The van der Waals surface area contributed by atoms with Crippen LogP contribution in [0.15, 0.2) is 23.6 Å². The van der Waals surface area contributed by atoms with Gasteiger partial charge in [-0.25, -0.2) is 4.98 Å². The molecule has 0 spiro atoms. The molecule has 2 aromatic rings. The third-order valence-electron chi connectivity index (χ3n) is 4.04. The number of benzene rings is 1. The molecule has 0 fully saturated rings. The molecule has 7 heteroatoms. The largest absolute Gasteiger partial charge is 0.482 e. The van der Waals surface area contributed by atoms with Crippen molar-refractivity contribution in [3.05, 3.63) is 28.6 Å². The summed E-state index contributed by atoms with van der Waals surface area (Å²) < 4.78 is 10.7. The molecule has 0 radical (unpaired) electrons. The van der Waals surface area contributed by atoms with Crippen molar-refractivity contribution in [3.63, 3.8) is 0 Å². The molecular weight excluding hydrogens is 338 g/mol. The molecule has 1 aromatic heterocycles. The van der Waals surface area contributed by atoms with Crippen LogP contribution in [-0.4, -0.2) is 63.3 Å². The molecule has 0 bridgehead atoms. The first kappa shape index (κ1) is 17.8. The Labute approximate surface area is 152 Å². The van der Waals surface area contributed by atoms with E-state index in [1.54, 1.807) is 23.3 Å². The van der Waals surface area contributed by atoms with Crippen LogP contribution in [0.1, 0.15) is 5.01 Å². The molecule has 1 aliphatic heterocycles. The fourth-order valence-electron chi connectivity index (χ4n) is 2.65. The lowest BCUT2D eigenvalue weighted by molar-refractivity contribution is -0.121. The van der Waals surface area contributed by atoms with Crippen molar-refractivity contribution in [2.75, 3.05) is 52.4 Å². The Morgan fingerprint density at radius 1 is 1.40 bits per heavy atom. The monoisotopic (exact) mass is 361 g/mol. The summed E-state index contributed by atoms with van der Waals surface area (Å²) in [6.45, 7) is 2.20. The van der Waals surface area contributed by atoms with Gasteiger partial charge in [0.25, 0.3) is 5.91 Å². The minimum atomic E-state index is -0.00874. The number of hydrogen-bond donors (Lipinski definition) is 0. The average Bonchev–Trinajstić information content (AvgIpc) is 3.07. The van der Waals surface area contributed by atoms with Gasteiger partial charge in [-0.1, -0.05) is 0 Å². The van der Waals surface area contributed by atoms with Gasteiger partial charge in [-0.15, -0.1) is 11.3 Å². The molecule has 25 heavy (non-hydrogen) atoms. The highest BCUT2D eigenvalue weighted by atomic mass is 32.1. The quantitative estimate of drug-likeness (QED) is 0.757. The van der Waals surface area contributed by atoms with Crippen LogP contribution < -0.4 is 9.64 Å². The van der Waals surface area contributed by atoms with Crippen molar-refractivity contribution in [1.29, 1.82) is 0 Å². The minimum Gasteiger partial charge on any atom is -0.482 e. The zero-order chi connectivity index (χ0) is 17.8. The highest BCUT2D eigenvalue weighted by Crippen LogP contribution is 2.36. The van der Waals surface area contributed by atoms with Crippen LogP contribution in [0.4, 0.5) is 5.69 Å². The minimum absolute atomic E-state index is 0.00874. The Bertz CT molecular complexity index is 745. The van der Waals surface area contributed by atoms with Crippen LogP contribution in [0.3, 0.4) is 0 Å². The summed E-state index contributed by atoms with van der Waals surface area (Å²) in [5, 5.41) is 3.09. The second kappa shape index (κ2) is 7.95. The number of likely N-dealkylation sites (N-methyl/N-ethyl adjacent to an activating group) is 1. The molecule has 0 saturated heterocycles. The molecule has 0 N–H and O–H groups in total. The lowest BCUT2D eigenvalue weighted by Crippen LogP contribution is -2.42. The van der Waals surface area contributed by atoms with Crippen molar-refractivity contribution < 1.29 is 14.3 Å². The van der Waals surface area contributed by atoms with Crippen LogP contribution in [0, 0.1) is 0 Å². The molecule has 0 atom stereocenters. The molecule has 0 aliphatic carbocycles. The summed E-state index contributed by atoms with van der Waals surface area (Å²) in [7, 11) is 5.69. The predicted octanol–water partition coefficient (Wildman–Crippen LogP) is 2.29. The van der Waals surface area contributed by atoms with E-state index in [0.717, 1.165) is 40.7 Å². The topological polar surface area (TPSA) is 54.9 Å². The molecule has 2 heterocycles. The van der Waals surface area contributed by atoms with Crippen molar-refractivity contribution in [2.45, 2.75) is 6.42 Å². The van der Waals surface area contributed by atoms with E-state index in [1.165, 1.54) is 0 Å². The van der Waals surface area contributed by atoms with Gasteiger partial charge >= 0.3 is 0 Å². The summed E-state index contributed by atoms with van der Waals surface area (Å²) in [5.74, 6) is 0.738. The standard InChI is InChI=1S/C18H23N3O3S/c1-20(2)7-8-21-15-10-13(4-5-16(15)24-11-18(21)22)14-12-25-17(19-14)6-9-23-3/h4-5,10,12H,6-9,11H2,1-3H3. The number of carbonyl (C=O) groups excluding carboxylic acids is 1. The highest BCUT2D eigenvalue weighted by molar-refractivity contribution is 7.09. The molecule has 3 rings (SSSR count). The SMILES string of the molecule is COCCc1nc(-c2ccc3c(c2)N(CCN(C)C)C(=O)CO3)cs1. The fourth-order valence-corrected chi connectivity index (χ4v) is 3.44. The van der Waals surface area contributed by atoms with Gasteiger partial charge in [0, 0.05) is 37.6 Å². The zero-order valence-corrected chi connectivity index (χ0v) is 15.6. The van der Waals surface area contributed by atoms with E-state index < -0.39 is 0 Å². The number of hydrogen-bond acceptors (Lipinski definition) is 6. The van der Waals surface area contributed by atoms with Crippen LogP contribution in [-0.2, 0) is 16.0 Å². The third-order valence-corrected chi connectivity index (χ3v) is 4.95. The second-order valence-corrected chi connectivity index (χ2v) is 7.13. The summed E-state index contributed by atoms with van der Waals surface area (Å²) >= 11 is 1.63. The summed E-state index contributed by atoms with van der Waals surface area (Å²) in [6, 6.07) is 5.92. The van der Waals surface area contributed by atoms with Crippen LogP contribution in [0.2, 0.25) is 0 Å².